The molecule has 0 unspecified atom stereocenters. The highest BCUT2D eigenvalue weighted by Crippen LogP contribution is 2.27. The van der Waals surface area contributed by atoms with Crippen LogP contribution in [0.15, 0.2) is 54.6 Å². The number of rotatable bonds is 4. The molecule has 0 radical (unpaired) electrons. The Kier molecular flexibility index (Phi) is 4.00. The van der Waals surface area contributed by atoms with Crippen LogP contribution in [0.25, 0.3) is 16.9 Å². The Morgan fingerprint density at radius 3 is 2.17 bits per heavy atom. The van der Waals surface area contributed by atoms with Crippen molar-refractivity contribution < 1.29 is 14.7 Å². The SMILES string of the molecule is CC(=O)c1ccc(-c2nn(-c3ccccc3)c(C)c2C(=O)O)cc1. The molecule has 0 saturated heterocycles. The van der Waals surface area contributed by atoms with Crippen LogP contribution >= 0.6 is 0 Å². The first-order chi connectivity index (χ1) is 11.5. The number of benzene rings is 2. The van der Waals surface area contributed by atoms with Crippen molar-refractivity contribution in [2.75, 3.05) is 0 Å². The molecule has 120 valence electrons. The van der Waals surface area contributed by atoms with Gasteiger partial charge in [-0.1, -0.05) is 42.5 Å². The molecule has 3 rings (SSSR count). The molecule has 0 saturated carbocycles. The fourth-order valence-corrected chi connectivity index (χ4v) is 2.64. The van der Waals surface area contributed by atoms with Crippen molar-refractivity contribution in [3.8, 4) is 16.9 Å². The first-order valence-corrected chi connectivity index (χ1v) is 7.48. The average Bonchev–Trinajstić information content (AvgIpc) is 2.93. The van der Waals surface area contributed by atoms with Gasteiger partial charge in [0, 0.05) is 11.1 Å². The number of aromatic carboxylic acids is 1. The summed E-state index contributed by atoms with van der Waals surface area (Å²) in [6, 6.07) is 16.2. The molecule has 0 aliphatic rings. The predicted octanol–water partition coefficient (Wildman–Crippen LogP) is 3.75. The monoisotopic (exact) mass is 320 g/mol. The molecule has 0 atom stereocenters. The number of carbonyl (C=O) groups is 2. The quantitative estimate of drug-likeness (QED) is 0.743. The zero-order valence-electron chi connectivity index (χ0n) is 13.4. The van der Waals surface area contributed by atoms with Crippen LogP contribution in [-0.4, -0.2) is 26.6 Å². The van der Waals surface area contributed by atoms with Crippen LogP contribution in [0.1, 0.15) is 33.3 Å². The van der Waals surface area contributed by atoms with Gasteiger partial charge in [0.15, 0.2) is 5.78 Å². The van der Waals surface area contributed by atoms with E-state index in [2.05, 4.69) is 5.10 Å². The molecule has 0 spiro atoms. The fraction of sp³-hybridized carbons (Fsp3) is 0.105. The minimum atomic E-state index is -1.03. The lowest BCUT2D eigenvalue weighted by Gasteiger charge is -2.03. The first-order valence-electron chi connectivity index (χ1n) is 7.48. The van der Waals surface area contributed by atoms with Gasteiger partial charge < -0.3 is 5.11 Å². The number of carboxylic acid groups (broad SMARTS) is 1. The molecule has 24 heavy (non-hydrogen) atoms. The first kappa shape index (κ1) is 15.7. The van der Waals surface area contributed by atoms with E-state index in [1.54, 1.807) is 35.9 Å². The highest BCUT2D eigenvalue weighted by atomic mass is 16.4. The van der Waals surface area contributed by atoms with Crippen molar-refractivity contribution in [2.24, 2.45) is 0 Å². The van der Waals surface area contributed by atoms with Crippen LogP contribution in [0.5, 0.6) is 0 Å². The molecule has 0 aliphatic carbocycles. The Hall–Kier alpha value is -3.21. The summed E-state index contributed by atoms with van der Waals surface area (Å²) >= 11 is 0. The lowest BCUT2D eigenvalue weighted by Crippen LogP contribution is -2.02. The van der Waals surface area contributed by atoms with E-state index in [-0.39, 0.29) is 11.3 Å². The summed E-state index contributed by atoms with van der Waals surface area (Å²) in [6.07, 6.45) is 0. The van der Waals surface area contributed by atoms with E-state index < -0.39 is 5.97 Å². The van der Waals surface area contributed by atoms with E-state index >= 15 is 0 Å². The number of nitrogens with zero attached hydrogens (tertiary/aromatic N) is 2. The van der Waals surface area contributed by atoms with Crippen molar-refractivity contribution in [1.29, 1.82) is 0 Å². The lowest BCUT2D eigenvalue weighted by molar-refractivity contribution is 0.0696. The number of hydrogen-bond donors (Lipinski definition) is 1. The molecule has 5 nitrogen and oxygen atoms in total. The predicted molar refractivity (Wildman–Crippen MR) is 90.7 cm³/mol. The summed E-state index contributed by atoms with van der Waals surface area (Å²) < 4.78 is 1.62. The normalized spacial score (nSPS) is 10.6. The van der Waals surface area contributed by atoms with Crippen molar-refractivity contribution in [1.82, 2.24) is 9.78 Å². The number of para-hydroxylation sites is 1. The van der Waals surface area contributed by atoms with Gasteiger partial charge >= 0.3 is 5.97 Å². The number of aromatic nitrogens is 2. The largest absolute Gasteiger partial charge is 0.478 e. The molecule has 0 aliphatic heterocycles. The summed E-state index contributed by atoms with van der Waals surface area (Å²) in [7, 11) is 0. The van der Waals surface area contributed by atoms with Gasteiger partial charge in [0.05, 0.1) is 11.4 Å². The van der Waals surface area contributed by atoms with Gasteiger partial charge in [-0.3, -0.25) is 4.79 Å². The van der Waals surface area contributed by atoms with Crippen LogP contribution in [0.2, 0.25) is 0 Å². The molecule has 0 bridgehead atoms. The van der Waals surface area contributed by atoms with Gasteiger partial charge in [-0.25, -0.2) is 9.48 Å². The third-order valence-corrected chi connectivity index (χ3v) is 3.90. The Morgan fingerprint density at radius 2 is 1.62 bits per heavy atom. The smallest absolute Gasteiger partial charge is 0.339 e. The minimum absolute atomic E-state index is 0.0361. The highest BCUT2D eigenvalue weighted by Gasteiger charge is 2.22. The summed E-state index contributed by atoms with van der Waals surface area (Å²) in [5, 5.41) is 14.1. The molecule has 5 heteroatoms. The van der Waals surface area contributed by atoms with Crippen LogP contribution in [0.4, 0.5) is 0 Å². The Labute approximate surface area is 139 Å². The van der Waals surface area contributed by atoms with Gasteiger partial charge in [-0.05, 0) is 26.0 Å². The van der Waals surface area contributed by atoms with Crippen molar-refractivity contribution >= 4 is 11.8 Å². The van der Waals surface area contributed by atoms with Crippen LogP contribution in [0.3, 0.4) is 0 Å². The summed E-state index contributed by atoms with van der Waals surface area (Å²) in [5.74, 6) is -1.06. The second-order valence-corrected chi connectivity index (χ2v) is 5.50. The van der Waals surface area contributed by atoms with E-state index in [1.807, 2.05) is 30.3 Å². The highest BCUT2D eigenvalue weighted by molar-refractivity contribution is 5.97. The number of hydrogen-bond acceptors (Lipinski definition) is 3. The Bertz CT molecular complexity index is 910. The second-order valence-electron chi connectivity index (χ2n) is 5.50. The topological polar surface area (TPSA) is 72.2 Å². The van der Waals surface area contributed by atoms with Crippen molar-refractivity contribution in [3.05, 3.63) is 71.4 Å². The lowest BCUT2D eigenvalue weighted by atomic mass is 10.0. The van der Waals surface area contributed by atoms with E-state index in [0.29, 0.717) is 22.5 Å². The molecule has 2 aromatic carbocycles. The number of carbonyl (C=O) groups excluding carboxylic acids is 1. The van der Waals surface area contributed by atoms with Gasteiger partial charge in [0.25, 0.3) is 0 Å². The van der Waals surface area contributed by atoms with Crippen LogP contribution in [-0.2, 0) is 0 Å². The molecule has 1 N–H and O–H groups in total. The van der Waals surface area contributed by atoms with E-state index in [4.69, 9.17) is 0 Å². The van der Waals surface area contributed by atoms with E-state index in [9.17, 15) is 14.7 Å². The summed E-state index contributed by atoms with van der Waals surface area (Å²) in [4.78, 5) is 23.1. The molecule has 0 amide bonds. The second kappa shape index (κ2) is 6.12. The number of carboxylic acids is 1. The minimum Gasteiger partial charge on any atom is -0.478 e. The third kappa shape index (κ3) is 2.72. The van der Waals surface area contributed by atoms with Crippen molar-refractivity contribution in [2.45, 2.75) is 13.8 Å². The standard InChI is InChI=1S/C19H16N2O3/c1-12-17(19(23)24)18(15-10-8-14(9-11-15)13(2)22)20-21(12)16-6-4-3-5-7-16/h3-11H,1-2H3,(H,23,24). The van der Waals surface area contributed by atoms with Gasteiger partial charge in [0.1, 0.15) is 11.3 Å². The summed E-state index contributed by atoms with van der Waals surface area (Å²) in [6.45, 7) is 3.23. The Balaban J connectivity index is 2.17. The number of Topliss-reactive ketones (excluding diaryl/α,β-unsaturated/α-hetero) is 1. The van der Waals surface area contributed by atoms with Gasteiger partial charge in [-0.15, -0.1) is 0 Å². The van der Waals surface area contributed by atoms with Crippen molar-refractivity contribution in [3.63, 3.8) is 0 Å². The molecule has 1 aromatic heterocycles. The third-order valence-electron chi connectivity index (χ3n) is 3.90. The van der Waals surface area contributed by atoms with Crippen LogP contribution in [0, 0.1) is 6.92 Å². The maximum Gasteiger partial charge on any atom is 0.339 e. The maximum atomic E-state index is 11.7. The molecule has 1 heterocycles. The average molecular weight is 320 g/mol. The van der Waals surface area contributed by atoms with E-state index in [0.717, 1.165) is 5.69 Å². The van der Waals surface area contributed by atoms with E-state index in [1.165, 1.54) is 6.92 Å². The fourth-order valence-electron chi connectivity index (χ4n) is 2.64. The van der Waals surface area contributed by atoms with Gasteiger partial charge in [-0.2, -0.15) is 5.10 Å². The zero-order chi connectivity index (χ0) is 17.3. The number of ketones is 1. The molecule has 3 aromatic rings. The summed E-state index contributed by atoms with van der Waals surface area (Å²) in [5.41, 5.74) is 3.14. The zero-order valence-corrected chi connectivity index (χ0v) is 13.4. The van der Waals surface area contributed by atoms with Crippen LogP contribution < -0.4 is 0 Å². The molecule has 0 fully saturated rings. The molecular weight excluding hydrogens is 304 g/mol. The maximum absolute atomic E-state index is 11.7. The van der Waals surface area contributed by atoms with Gasteiger partial charge in [0.2, 0.25) is 0 Å². The molecular formula is C19H16N2O3. The Morgan fingerprint density at radius 1 is 1.00 bits per heavy atom.